The molecule has 3 heteroatoms. The maximum atomic E-state index is 12.5. The Labute approximate surface area is 158 Å². The molecule has 0 radical (unpaired) electrons. The van der Waals surface area contributed by atoms with E-state index in [1.807, 2.05) is 11.8 Å². The Kier molecular flexibility index (Phi) is 6.96. The first-order valence-electron chi connectivity index (χ1n) is 9.63. The van der Waals surface area contributed by atoms with Gasteiger partial charge in [0.2, 0.25) is 5.91 Å². The zero-order valence-corrected chi connectivity index (χ0v) is 16.9. The van der Waals surface area contributed by atoms with Gasteiger partial charge in [0.15, 0.2) is 0 Å². The number of aryl methyl sites for hydroxylation is 2. The smallest absolute Gasteiger partial charge is 0.232 e. The summed E-state index contributed by atoms with van der Waals surface area (Å²) in [6.07, 6.45) is 3.32. The van der Waals surface area contributed by atoms with Crippen molar-refractivity contribution < 1.29 is 4.79 Å². The average molecular weight is 353 g/mol. The number of benzene rings is 1. The number of nitrogens with zero attached hydrogens (tertiary/aromatic N) is 2. The molecule has 0 unspecified atom stereocenters. The molecule has 0 spiro atoms. The van der Waals surface area contributed by atoms with Crippen LogP contribution in [0.2, 0.25) is 0 Å². The summed E-state index contributed by atoms with van der Waals surface area (Å²) in [4.78, 5) is 19.2. The fraction of sp³-hybridized carbons (Fsp3) is 0.478. The third-order valence-electron chi connectivity index (χ3n) is 4.84. The van der Waals surface area contributed by atoms with Gasteiger partial charge in [-0.3, -0.25) is 9.69 Å². The summed E-state index contributed by atoms with van der Waals surface area (Å²) in [5, 5.41) is 0. The number of carbonyl (C=O) groups excluding carboxylic acids is 1. The standard InChI is InChI=1S/C23H32N2O/c1-7-20-10-12-21(13-11-20)9-8-18(5)24-23-19(6)17(4)14-22(26)25(23)15-16(2)3/h10-13,16H,4,7-9,14-15H2,1-3,5-6H3/b24-18-. The highest BCUT2D eigenvalue weighted by molar-refractivity contribution is 5.87. The van der Waals surface area contributed by atoms with Crippen LogP contribution in [-0.4, -0.2) is 23.1 Å². The Bertz CT molecular complexity index is 723. The molecule has 0 N–H and O–H groups in total. The highest BCUT2D eigenvalue weighted by Crippen LogP contribution is 2.28. The normalized spacial score (nSPS) is 16.1. The van der Waals surface area contributed by atoms with Crippen LogP contribution in [0.1, 0.15) is 58.6 Å². The minimum absolute atomic E-state index is 0.107. The van der Waals surface area contributed by atoms with Crippen LogP contribution in [0.5, 0.6) is 0 Å². The molecule has 1 aliphatic heterocycles. The molecule has 0 bridgehead atoms. The van der Waals surface area contributed by atoms with Crippen LogP contribution >= 0.6 is 0 Å². The topological polar surface area (TPSA) is 32.7 Å². The van der Waals surface area contributed by atoms with E-state index in [-0.39, 0.29) is 5.91 Å². The van der Waals surface area contributed by atoms with Gasteiger partial charge in [-0.1, -0.05) is 51.6 Å². The SMILES string of the molecule is C=C1CC(=O)N(CC(C)C)C(/N=C(/C)CCc2ccc(CC)cc2)=C1C. The Morgan fingerprint density at radius 1 is 1.23 bits per heavy atom. The molecule has 0 saturated carbocycles. The molecule has 3 nitrogen and oxygen atoms in total. The van der Waals surface area contributed by atoms with Crippen molar-refractivity contribution in [1.82, 2.24) is 4.90 Å². The summed E-state index contributed by atoms with van der Waals surface area (Å²) in [7, 11) is 0. The van der Waals surface area contributed by atoms with Gasteiger partial charge < -0.3 is 0 Å². The van der Waals surface area contributed by atoms with E-state index in [1.165, 1.54) is 11.1 Å². The van der Waals surface area contributed by atoms with E-state index in [0.717, 1.165) is 41.9 Å². The summed E-state index contributed by atoms with van der Waals surface area (Å²) in [5.74, 6) is 1.30. The molecule has 0 atom stereocenters. The number of amides is 1. The van der Waals surface area contributed by atoms with E-state index in [1.54, 1.807) is 0 Å². The molecule has 0 saturated heterocycles. The predicted octanol–water partition coefficient (Wildman–Crippen LogP) is 5.32. The Morgan fingerprint density at radius 2 is 1.85 bits per heavy atom. The van der Waals surface area contributed by atoms with E-state index in [4.69, 9.17) is 4.99 Å². The van der Waals surface area contributed by atoms with E-state index >= 15 is 0 Å². The van der Waals surface area contributed by atoms with Gasteiger partial charge in [-0.05, 0) is 61.3 Å². The monoisotopic (exact) mass is 352 g/mol. The van der Waals surface area contributed by atoms with Crippen LogP contribution in [0.3, 0.4) is 0 Å². The van der Waals surface area contributed by atoms with E-state index in [9.17, 15) is 4.79 Å². The van der Waals surface area contributed by atoms with Gasteiger partial charge in [0.1, 0.15) is 5.82 Å². The summed E-state index contributed by atoms with van der Waals surface area (Å²) in [6.45, 7) is 15.3. The first-order valence-corrected chi connectivity index (χ1v) is 9.63. The molecule has 1 heterocycles. The molecule has 1 aliphatic rings. The van der Waals surface area contributed by atoms with Gasteiger partial charge in [0.25, 0.3) is 0 Å². The Hall–Kier alpha value is -2.16. The maximum Gasteiger partial charge on any atom is 0.232 e. The van der Waals surface area contributed by atoms with Crippen molar-refractivity contribution in [2.75, 3.05) is 6.54 Å². The second-order valence-corrected chi connectivity index (χ2v) is 7.64. The third-order valence-corrected chi connectivity index (χ3v) is 4.84. The molecule has 0 fully saturated rings. The van der Waals surface area contributed by atoms with Gasteiger partial charge >= 0.3 is 0 Å². The van der Waals surface area contributed by atoms with Crippen LogP contribution in [0.25, 0.3) is 0 Å². The molecule has 2 rings (SSSR count). The minimum atomic E-state index is 0.107. The van der Waals surface area contributed by atoms with Crippen LogP contribution in [-0.2, 0) is 17.6 Å². The van der Waals surface area contributed by atoms with Gasteiger partial charge in [-0.2, -0.15) is 0 Å². The summed E-state index contributed by atoms with van der Waals surface area (Å²) < 4.78 is 0. The van der Waals surface area contributed by atoms with Crippen molar-refractivity contribution >= 4 is 11.6 Å². The summed E-state index contributed by atoms with van der Waals surface area (Å²) in [5.41, 5.74) is 5.66. The largest absolute Gasteiger partial charge is 0.296 e. The lowest BCUT2D eigenvalue weighted by Crippen LogP contribution is -2.37. The summed E-state index contributed by atoms with van der Waals surface area (Å²) in [6, 6.07) is 8.80. The lowest BCUT2D eigenvalue weighted by atomic mass is 10.00. The van der Waals surface area contributed by atoms with Crippen LogP contribution in [0.4, 0.5) is 0 Å². The predicted molar refractivity (Wildman–Crippen MR) is 110 cm³/mol. The molecule has 0 aliphatic carbocycles. The number of rotatable bonds is 7. The third kappa shape index (κ3) is 5.17. The van der Waals surface area contributed by atoms with E-state index in [2.05, 4.69) is 58.5 Å². The second kappa shape index (κ2) is 8.98. The van der Waals surface area contributed by atoms with Crippen molar-refractivity contribution in [2.24, 2.45) is 10.9 Å². The first-order chi connectivity index (χ1) is 12.3. The lowest BCUT2D eigenvalue weighted by Gasteiger charge is -2.31. The van der Waals surface area contributed by atoms with Crippen LogP contribution in [0.15, 0.2) is 52.8 Å². The highest BCUT2D eigenvalue weighted by Gasteiger charge is 2.27. The Morgan fingerprint density at radius 3 is 2.42 bits per heavy atom. The molecule has 1 amide bonds. The number of hydrogen-bond donors (Lipinski definition) is 0. The maximum absolute atomic E-state index is 12.5. The first kappa shape index (κ1) is 20.2. The number of allylic oxidation sites excluding steroid dienone is 1. The fourth-order valence-electron chi connectivity index (χ4n) is 3.09. The number of carbonyl (C=O) groups is 1. The van der Waals surface area contributed by atoms with Gasteiger partial charge in [0.05, 0.1) is 6.42 Å². The lowest BCUT2D eigenvalue weighted by molar-refractivity contribution is -0.129. The van der Waals surface area contributed by atoms with E-state index in [0.29, 0.717) is 18.9 Å². The van der Waals surface area contributed by atoms with Crippen molar-refractivity contribution in [3.63, 3.8) is 0 Å². The quantitative estimate of drug-likeness (QED) is 0.611. The van der Waals surface area contributed by atoms with E-state index < -0.39 is 0 Å². The van der Waals surface area contributed by atoms with Gasteiger partial charge in [0, 0.05) is 12.3 Å². The highest BCUT2D eigenvalue weighted by atomic mass is 16.2. The average Bonchev–Trinajstić information content (AvgIpc) is 2.61. The number of hydrogen-bond acceptors (Lipinski definition) is 2. The van der Waals surface area contributed by atoms with Gasteiger partial charge in [-0.15, -0.1) is 0 Å². The Balaban J connectivity index is 2.15. The molecule has 26 heavy (non-hydrogen) atoms. The van der Waals surface area contributed by atoms with Crippen molar-refractivity contribution in [1.29, 1.82) is 0 Å². The number of aliphatic imine (C=N–C) groups is 1. The molecule has 1 aromatic rings. The molecular weight excluding hydrogens is 320 g/mol. The molecule has 140 valence electrons. The van der Waals surface area contributed by atoms with Crippen molar-refractivity contribution in [3.05, 3.63) is 58.9 Å². The minimum Gasteiger partial charge on any atom is -0.296 e. The molecule has 0 aromatic heterocycles. The zero-order chi connectivity index (χ0) is 19.3. The molecular formula is C23H32N2O. The van der Waals surface area contributed by atoms with Crippen molar-refractivity contribution in [3.8, 4) is 0 Å². The summed E-state index contributed by atoms with van der Waals surface area (Å²) >= 11 is 0. The van der Waals surface area contributed by atoms with Crippen molar-refractivity contribution in [2.45, 2.75) is 60.3 Å². The van der Waals surface area contributed by atoms with Crippen LogP contribution in [0, 0.1) is 5.92 Å². The van der Waals surface area contributed by atoms with Crippen LogP contribution < -0.4 is 0 Å². The van der Waals surface area contributed by atoms with Gasteiger partial charge in [-0.25, -0.2) is 4.99 Å². The second-order valence-electron chi connectivity index (χ2n) is 7.64. The zero-order valence-electron chi connectivity index (χ0n) is 16.9. The molecule has 1 aromatic carbocycles. The fourth-order valence-corrected chi connectivity index (χ4v) is 3.09.